The van der Waals surface area contributed by atoms with Crippen molar-refractivity contribution in [2.75, 3.05) is 7.11 Å². The molecule has 1 amide bonds. The minimum atomic E-state index is -1.01. The van der Waals surface area contributed by atoms with E-state index in [1.807, 2.05) is 20.8 Å². The molecule has 0 aliphatic rings. The van der Waals surface area contributed by atoms with Crippen LogP contribution in [0.3, 0.4) is 0 Å². The first-order chi connectivity index (χ1) is 8.79. The lowest BCUT2D eigenvalue weighted by Crippen LogP contribution is -2.44. The van der Waals surface area contributed by atoms with Crippen LogP contribution in [-0.4, -0.2) is 35.0 Å². The van der Waals surface area contributed by atoms with Gasteiger partial charge in [-0.05, 0) is 39.0 Å². The van der Waals surface area contributed by atoms with Gasteiger partial charge in [-0.3, -0.25) is 9.69 Å². The molecule has 5 nitrogen and oxygen atoms in total. The number of hydrogen-bond acceptors (Lipinski definition) is 3. The van der Waals surface area contributed by atoms with E-state index in [-0.39, 0.29) is 6.54 Å². The molecular weight excluding hydrogens is 246 g/mol. The highest BCUT2D eigenvalue weighted by Crippen LogP contribution is 2.24. The molecule has 1 aromatic carbocycles. The molecule has 0 spiro atoms. The maximum Gasteiger partial charge on any atom is 0.408 e. The third kappa shape index (κ3) is 3.71. The van der Waals surface area contributed by atoms with E-state index in [1.165, 1.54) is 12.0 Å². The molecule has 0 bridgehead atoms. The van der Waals surface area contributed by atoms with Gasteiger partial charge in [0.15, 0.2) is 0 Å². The van der Waals surface area contributed by atoms with Crippen LogP contribution in [0, 0.1) is 0 Å². The van der Waals surface area contributed by atoms with Crippen LogP contribution in [0.25, 0.3) is 0 Å². The van der Waals surface area contributed by atoms with E-state index in [0.29, 0.717) is 16.9 Å². The first-order valence-electron chi connectivity index (χ1n) is 5.92. The van der Waals surface area contributed by atoms with Gasteiger partial charge in [0, 0.05) is 16.7 Å². The zero-order valence-electron chi connectivity index (χ0n) is 11.6. The number of aldehydes is 1. The molecular formula is C14H19NO4. The van der Waals surface area contributed by atoms with E-state index in [1.54, 1.807) is 18.2 Å². The normalized spacial score (nSPS) is 10.9. The second kappa shape index (κ2) is 5.73. The maximum absolute atomic E-state index is 11.3. The van der Waals surface area contributed by atoms with E-state index >= 15 is 0 Å². The Morgan fingerprint density at radius 1 is 1.42 bits per heavy atom. The Hall–Kier alpha value is -2.04. The molecule has 0 fully saturated rings. The number of benzene rings is 1. The second-order valence-corrected chi connectivity index (χ2v) is 5.23. The quantitative estimate of drug-likeness (QED) is 0.850. The van der Waals surface area contributed by atoms with Crippen LogP contribution in [0.5, 0.6) is 5.75 Å². The lowest BCUT2D eigenvalue weighted by Gasteiger charge is -2.33. The van der Waals surface area contributed by atoms with E-state index < -0.39 is 11.6 Å². The van der Waals surface area contributed by atoms with Crippen molar-refractivity contribution in [1.29, 1.82) is 0 Å². The Balaban J connectivity index is 3.14. The summed E-state index contributed by atoms with van der Waals surface area (Å²) in [7, 11) is 1.52. The predicted molar refractivity (Wildman–Crippen MR) is 71.7 cm³/mol. The van der Waals surface area contributed by atoms with Gasteiger partial charge in [0.1, 0.15) is 12.0 Å². The molecule has 0 heterocycles. The van der Waals surface area contributed by atoms with Crippen LogP contribution in [0.15, 0.2) is 18.2 Å². The fourth-order valence-electron chi connectivity index (χ4n) is 1.76. The Morgan fingerprint density at radius 2 is 2.05 bits per heavy atom. The molecule has 1 rings (SSSR count). The van der Waals surface area contributed by atoms with Crippen molar-refractivity contribution in [3.63, 3.8) is 0 Å². The molecule has 104 valence electrons. The van der Waals surface area contributed by atoms with Crippen molar-refractivity contribution >= 4 is 12.4 Å². The van der Waals surface area contributed by atoms with Gasteiger partial charge in [-0.25, -0.2) is 4.79 Å². The smallest absolute Gasteiger partial charge is 0.408 e. The molecule has 0 radical (unpaired) electrons. The summed E-state index contributed by atoms with van der Waals surface area (Å²) in [6.07, 6.45) is -0.281. The lowest BCUT2D eigenvalue weighted by atomic mass is 10.0. The van der Waals surface area contributed by atoms with Gasteiger partial charge in [0.05, 0.1) is 13.7 Å². The average Bonchev–Trinajstić information content (AvgIpc) is 2.33. The highest BCUT2D eigenvalue weighted by molar-refractivity contribution is 5.75. The molecule has 1 N–H and O–H groups in total. The van der Waals surface area contributed by atoms with Crippen LogP contribution < -0.4 is 4.74 Å². The van der Waals surface area contributed by atoms with Crippen LogP contribution in [-0.2, 0) is 6.54 Å². The average molecular weight is 265 g/mol. The van der Waals surface area contributed by atoms with E-state index in [0.717, 1.165) is 6.29 Å². The molecule has 19 heavy (non-hydrogen) atoms. The minimum Gasteiger partial charge on any atom is -0.496 e. The number of ether oxygens (including phenoxy) is 1. The molecule has 0 unspecified atom stereocenters. The first kappa shape index (κ1) is 15.0. The Labute approximate surface area is 112 Å². The fourth-order valence-corrected chi connectivity index (χ4v) is 1.76. The zero-order chi connectivity index (χ0) is 14.6. The number of carboxylic acid groups (broad SMARTS) is 1. The predicted octanol–water partition coefficient (Wildman–Crippen LogP) is 2.79. The maximum atomic E-state index is 11.3. The Kier molecular flexibility index (Phi) is 4.53. The molecule has 0 aliphatic heterocycles. The molecule has 0 saturated heterocycles. The van der Waals surface area contributed by atoms with Gasteiger partial charge in [-0.1, -0.05) is 0 Å². The van der Waals surface area contributed by atoms with Crippen LogP contribution in [0.1, 0.15) is 36.7 Å². The lowest BCUT2D eigenvalue weighted by molar-refractivity contribution is 0.0950. The summed E-state index contributed by atoms with van der Waals surface area (Å²) in [5.41, 5.74) is 0.632. The number of rotatable bonds is 4. The van der Waals surface area contributed by atoms with Crippen LogP contribution in [0.2, 0.25) is 0 Å². The number of amides is 1. The number of hydrogen-bond donors (Lipinski definition) is 1. The first-order valence-corrected chi connectivity index (χ1v) is 5.92. The molecule has 1 aromatic rings. The van der Waals surface area contributed by atoms with Gasteiger partial charge >= 0.3 is 6.09 Å². The molecule has 0 aliphatic carbocycles. The monoisotopic (exact) mass is 265 g/mol. The van der Waals surface area contributed by atoms with Crippen molar-refractivity contribution in [2.24, 2.45) is 0 Å². The number of nitrogens with zero attached hydrogens (tertiary/aromatic N) is 1. The number of carbonyl (C=O) groups excluding carboxylic acids is 1. The zero-order valence-corrected chi connectivity index (χ0v) is 11.6. The van der Waals surface area contributed by atoms with E-state index in [4.69, 9.17) is 4.74 Å². The second-order valence-electron chi connectivity index (χ2n) is 5.23. The third-order valence-electron chi connectivity index (χ3n) is 2.81. The van der Waals surface area contributed by atoms with Gasteiger partial charge in [0.25, 0.3) is 0 Å². The summed E-state index contributed by atoms with van der Waals surface area (Å²) in [4.78, 5) is 23.4. The van der Waals surface area contributed by atoms with E-state index in [2.05, 4.69) is 0 Å². The fraction of sp³-hybridized carbons (Fsp3) is 0.429. The summed E-state index contributed by atoms with van der Waals surface area (Å²) < 4.78 is 5.20. The molecule has 5 heteroatoms. The minimum absolute atomic E-state index is 0.170. The van der Waals surface area contributed by atoms with Gasteiger partial charge < -0.3 is 9.84 Å². The third-order valence-corrected chi connectivity index (χ3v) is 2.81. The van der Waals surface area contributed by atoms with Crippen LogP contribution >= 0.6 is 0 Å². The largest absolute Gasteiger partial charge is 0.496 e. The Bertz CT molecular complexity index is 477. The summed E-state index contributed by atoms with van der Waals surface area (Å²) >= 11 is 0. The van der Waals surface area contributed by atoms with Crippen molar-refractivity contribution in [1.82, 2.24) is 4.90 Å². The molecule has 0 aromatic heterocycles. The highest BCUT2D eigenvalue weighted by atomic mass is 16.5. The van der Waals surface area contributed by atoms with Crippen molar-refractivity contribution in [2.45, 2.75) is 32.9 Å². The molecule has 0 saturated carbocycles. The highest BCUT2D eigenvalue weighted by Gasteiger charge is 2.27. The summed E-state index contributed by atoms with van der Waals surface area (Å²) in [5.74, 6) is 0.570. The van der Waals surface area contributed by atoms with Gasteiger partial charge in [-0.2, -0.15) is 0 Å². The molecule has 0 atom stereocenters. The summed E-state index contributed by atoms with van der Waals surface area (Å²) in [5, 5.41) is 9.28. The van der Waals surface area contributed by atoms with Crippen molar-refractivity contribution < 1.29 is 19.4 Å². The topological polar surface area (TPSA) is 66.8 Å². The standard InChI is InChI=1S/C14H19NO4/c1-14(2,3)15(13(17)18)8-11-7-10(9-16)5-6-12(11)19-4/h5-7,9H,8H2,1-4H3,(H,17,18). The van der Waals surface area contributed by atoms with Crippen molar-refractivity contribution in [3.8, 4) is 5.75 Å². The van der Waals surface area contributed by atoms with Crippen molar-refractivity contribution in [3.05, 3.63) is 29.3 Å². The Morgan fingerprint density at radius 3 is 2.47 bits per heavy atom. The number of carbonyl (C=O) groups is 2. The van der Waals surface area contributed by atoms with Crippen LogP contribution in [0.4, 0.5) is 4.79 Å². The van der Waals surface area contributed by atoms with Gasteiger partial charge in [-0.15, -0.1) is 0 Å². The summed E-state index contributed by atoms with van der Waals surface area (Å²) in [6, 6.07) is 4.95. The SMILES string of the molecule is COc1ccc(C=O)cc1CN(C(=O)O)C(C)(C)C. The van der Waals surface area contributed by atoms with Gasteiger partial charge in [0.2, 0.25) is 0 Å². The summed E-state index contributed by atoms with van der Waals surface area (Å²) in [6.45, 7) is 5.62. The number of methoxy groups -OCH3 is 1. The van der Waals surface area contributed by atoms with E-state index in [9.17, 15) is 14.7 Å².